The highest BCUT2D eigenvalue weighted by molar-refractivity contribution is 7.90. The van der Waals surface area contributed by atoms with Gasteiger partial charge in [-0.25, -0.2) is 13.1 Å². The highest BCUT2D eigenvalue weighted by Gasteiger charge is 2.26. The summed E-state index contributed by atoms with van der Waals surface area (Å²) in [5.41, 5.74) is 3.97. The van der Waals surface area contributed by atoms with E-state index in [2.05, 4.69) is 5.10 Å². The van der Waals surface area contributed by atoms with Crippen LogP contribution < -0.4 is 0 Å². The van der Waals surface area contributed by atoms with Crippen LogP contribution in [0.5, 0.6) is 0 Å². The lowest BCUT2D eigenvalue weighted by atomic mass is 10.1. The van der Waals surface area contributed by atoms with Crippen LogP contribution in [0.2, 0.25) is 5.15 Å². The van der Waals surface area contributed by atoms with Crippen LogP contribution in [0.1, 0.15) is 45.7 Å². The molecule has 0 N–H and O–H groups in total. The minimum absolute atomic E-state index is 0.239. The first kappa shape index (κ1) is 23.0. The van der Waals surface area contributed by atoms with Crippen molar-refractivity contribution >= 4 is 27.3 Å². The summed E-state index contributed by atoms with van der Waals surface area (Å²) in [4.78, 5) is 15.1. The molecule has 0 aliphatic carbocycles. The maximum absolute atomic E-state index is 13.2. The third-order valence-electron chi connectivity index (χ3n) is 5.42. The molecule has 1 amide bonds. The van der Waals surface area contributed by atoms with Gasteiger partial charge in [0.15, 0.2) is 9.84 Å². The number of amides is 1. The molecular formula is C23H26ClN3O3S. The highest BCUT2D eigenvalue weighted by Crippen LogP contribution is 2.27. The fraction of sp³-hybridized carbons (Fsp3) is 0.304. The van der Waals surface area contributed by atoms with Crippen LogP contribution in [0.15, 0.2) is 53.4 Å². The van der Waals surface area contributed by atoms with Gasteiger partial charge in [-0.3, -0.25) is 4.79 Å². The number of aryl methyl sites for hydroxylation is 2. The maximum Gasteiger partial charge on any atom is 0.259 e. The summed E-state index contributed by atoms with van der Waals surface area (Å²) < 4.78 is 25.0. The van der Waals surface area contributed by atoms with E-state index in [1.54, 1.807) is 47.8 Å². The average molecular weight is 460 g/mol. The summed E-state index contributed by atoms with van der Waals surface area (Å²) in [6, 6.07) is 14.3. The van der Waals surface area contributed by atoms with Crippen molar-refractivity contribution in [2.45, 2.75) is 38.3 Å². The van der Waals surface area contributed by atoms with Gasteiger partial charge < -0.3 is 4.90 Å². The molecule has 1 atom stereocenters. The molecule has 8 heteroatoms. The molecule has 2 aromatic carbocycles. The van der Waals surface area contributed by atoms with E-state index in [4.69, 9.17) is 11.6 Å². The molecule has 0 bridgehead atoms. The molecule has 1 heterocycles. The first-order chi connectivity index (χ1) is 14.5. The van der Waals surface area contributed by atoms with Crippen LogP contribution in [-0.4, -0.2) is 42.3 Å². The topological polar surface area (TPSA) is 72.3 Å². The van der Waals surface area contributed by atoms with Gasteiger partial charge in [0.1, 0.15) is 5.15 Å². The Labute approximate surface area is 188 Å². The fourth-order valence-electron chi connectivity index (χ4n) is 3.34. The second-order valence-corrected chi connectivity index (χ2v) is 10.2. The molecule has 3 aromatic rings. The summed E-state index contributed by atoms with van der Waals surface area (Å²) in [5.74, 6) is -0.239. The molecule has 31 heavy (non-hydrogen) atoms. The predicted molar refractivity (Wildman–Crippen MR) is 122 cm³/mol. The number of hydrogen-bond donors (Lipinski definition) is 0. The molecule has 0 radical (unpaired) electrons. The Morgan fingerprint density at radius 1 is 1.10 bits per heavy atom. The second kappa shape index (κ2) is 8.85. The molecule has 0 saturated heterocycles. The summed E-state index contributed by atoms with van der Waals surface area (Å²) in [6.45, 7) is 6.15. The smallest absolute Gasteiger partial charge is 0.259 e. The quantitative estimate of drug-likeness (QED) is 0.546. The van der Waals surface area contributed by atoms with Gasteiger partial charge in [0.2, 0.25) is 0 Å². The number of sulfone groups is 1. The van der Waals surface area contributed by atoms with Gasteiger partial charge >= 0.3 is 0 Å². The predicted octanol–water partition coefficient (Wildman–Crippen LogP) is 4.44. The molecule has 164 valence electrons. The van der Waals surface area contributed by atoms with Gasteiger partial charge in [0.05, 0.1) is 28.7 Å². The monoisotopic (exact) mass is 459 g/mol. The van der Waals surface area contributed by atoms with E-state index in [-0.39, 0.29) is 16.8 Å². The number of carbonyl (C=O) groups is 1. The molecule has 0 fully saturated rings. The van der Waals surface area contributed by atoms with Crippen LogP contribution in [0.4, 0.5) is 0 Å². The largest absolute Gasteiger partial charge is 0.335 e. The van der Waals surface area contributed by atoms with Gasteiger partial charge in [0, 0.05) is 13.3 Å². The average Bonchev–Trinajstić information content (AvgIpc) is 3.00. The van der Waals surface area contributed by atoms with Crippen molar-refractivity contribution in [2.75, 3.05) is 13.3 Å². The minimum atomic E-state index is -3.27. The van der Waals surface area contributed by atoms with Gasteiger partial charge in [-0.2, -0.15) is 5.10 Å². The third-order valence-corrected chi connectivity index (χ3v) is 6.94. The lowest BCUT2D eigenvalue weighted by molar-refractivity contribution is 0.0742. The highest BCUT2D eigenvalue weighted by atomic mass is 35.5. The number of carbonyl (C=O) groups excluding carboxylic acids is 1. The van der Waals surface area contributed by atoms with E-state index in [1.165, 1.54) is 11.8 Å². The Hall–Kier alpha value is -2.64. The van der Waals surface area contributed by atoms with Crippen molar-refractivity contribution in [3.05, 3.63) is 81.6 Å². The zero-order chi connectivity index (χ0) is 22.9. The molecule has 6 nitrogen and oxygen atoms in total. The second-order valence-electron chi connectivity index (χ2n) is 7.83. The molecule has 0 aliphatic rings. The number of benzene rings is 2. The Bertz CT molecular complexity index is 1200. The van der Waals surface area contributed by atoms with E-state index in [1.807, 2.05) is 38.1 Å². The summed E-state index contributed by atoms with van der Waals surface area (Å²) in [7, 11) is -1.57. The van der Waals surface area contributed by atoms with Crippen molar-refractivity contribution in [2.24, 2.45) is 0 Å². The van der Waals surface area contributed by atoms with Crippen LogP contribution >= 0.6 is 11.6 Å². The zero-order valence-electron chi connectivity index (χ0n) is 18.3. The van der Waals surface area contributed by atoms with E-state index in [9.17, 15) is 13.2 Å². The number of halogens is 1. The number of rotatable bonds is 6. The summed E-state index contributed by atoms with van der Waals surface area (Å²) in [5, 5.41) is 4.77. The van der Waals surface area contributed by atoms with Crippen LogP contribution in [-0.2, 0) is 16.4 Å². The number of aromatic nitrogens is 2. The molecule has 0 spiro atoms. The Kier molecular flexibility index (Phi) is 6.57. The molecule has 3 rings (SSSR count). The zero-order valence-corrected chi connectivity index (χ0v) is 19.8. The minimum Gasteiger partial charge on any atom is -0.335 e. The van der Waals surface area contributed by atoms with E-state index in [0.717, 1.165) is 11.1 Å². The number of hydrogen-bond acceptors (Lipinski definition) is 4. The van der Waals surface area contributed by atoms with E-state index >= 15 is 0 Å². The molecule has 0 saturated carbocycles. The normalized spacial score (nSPS) is 12.6. The Balaban J connectivity index is 1.83. The summed E-state index contributed by atoms with van der Waals surface area (Å²) >= 11 is 6.56. The van der Waals surface area contributed by atoms with Crippen molar-refractivity contribution < 1.29 is 13.2 Å². The van der Waals surface area contributed by atoms with Crippen molar-refractivity contribution in [1.29, 1.82) is 0 Å². The van der Waals surface area contributed by atoms with Crippen molar-refractivity contribution in [1.82, 2.24) is 14.7 Å². The van der Waals surface area contributed by atoms with Crippen LogP contribution in [0.25, 0.3) is 0 Å². The van der Waals surface area contributed by atoms with Gasteiger partial charge in [-0.05, 0) is 44.0 Å². The molecular weight excluding hydrogens is 434 g/mol. The van der Waals surface area contributed by atoms with Crippen LogP contribution in [0, 0.1) is 13.8 Å². The third kappa shape index (κ3) is 4.99. The lowest BCUT2D eigenvalue weighted by Crippen LogP contribution is -2.30. The number of nitrogens with zero attached hydrogens (tertiary/aromatic N) is 3. The standard InChI is InChI=1S/C23H26ClN3O3S/c1-15-6-8-18(9-7-15)14-27-22(24)21(16(2)25-27)23(28)26(4)17(3)19-10-12-20(13-11-19)31(5,29)30/h6-13,17H,14H2,1-5H3. The molecule has 1 aromatic heterocycles. The van der Waals surface area contributed by atoms with Gasteiger partial charge in [-0.1, -0.05) is 53.6 Å². The summed E-state index contributed by atoms with van der Waals surface area (Å²) in [6.07, 6.45) is 1.17. The van der Waals surface area contributed by atoms with Crippen LogP contribution in [0.3, 0.4) is 0 Å². The van der Waals surface area contributed by atoms with Gasteiger partial charge in [-0.15, -0.1) is 0 Å². The van der Waals surface area contributed by atoms with E-state index in [0.29, 0.717) is 23.0 Å². The maximum atomic E-state index is 13.2. The fourth-order valence-corrected chi connectivity index (χ4v) is 4.28. The van der Waals surface area contributed by atoms with Crippen molar-refractivity contribution in [3.8, 4) is 0 Å². The lowest BCUT2D eigenvalue weighted by Gasteiger charge is -2.25. The van der Waals surface area contributed by atoms with E-state index < -0.39 is 9.84 Å². The van der Waals surface area contributed by atoms with Gasteiger partial charge in [0.25, 0.3) is 5.91 Å². The molecule has 0 aliphatic heterocycles. The first-order valence-corrected chi connectivity index (χ1v) is 12.1. The Morgan fingerprint density at radius 2 is 1.68 bits per heavy atom. The van der Waals surface area contributed by atoms with Crippen molar-refractivity contribution in [3.63, 3.8) is 0 Å². The molecule has 1 unspecified atom stereocenters. The SMILES string of the molecule is Cc1ccc(Cn2nc(C)c(C(=O)N(C)C(C)c3ccc(S(C)(=O)=O)cc3)c2Cl)cc1. The first-order valence-electron chi connectivity index (χ1n) is 9.84. The Morgan fingerprint density at radius 3 is 2.23 bits per heavy atom.